The molecule has 1 rings (SSSR count). The van der Waals surface area contributed by atoms with Crippen molar-refractivity contribution in [1.82, 2.24) is 0 Å². The molecule has 0 aliphatic rings. The summed E-state index contributed by atoms with van der Waals surface area (Å²) in [6, 6.07) is 3.26. The maximum Gasteiger partial charge on any atom is 0.475 e. The SMILES string of the molecule is CCOP(=O)(CC(OP(=O)(OCC)OCC)c1ccco1)OCC. The van der Waals surface area contributed by atoms with Gasteiger partial charge in [-0.15, -0.1) is 0 Å². The summed E-state index contributed by atoms with van der Waals surface area (Å²) in [5.74, 6) is 0.328. The number of rotatable bonds is 13. The lowest BCUT2D eigenvalue weighted by Crippen LogP contribution is -2.13. The molecule has 10 heteroatoms. The van der Waals surface area contributed by atoms with E-state index in [2.05, 4.69) is 0 Å². The second kappa shape index (κ2) is 10.5. The highest BCUT2D eigenvalue weighted by Crippen LogP contribution is 2.58. The lowest BCUT2D eigenvalue weighted by molar-refractivity contribution is 0.0789. The van der Waals surface area contributed by atoms with Crippen molar-refractivity contribution in [1.29, 1.82) is 0 Å². The van der Waals surface area contributed by atoms with Gasteiger partial charge in [0.1, 0.15) is 11.9 Å². The van der Waals surface area contributed by atoms with Crippen LogP contribution in [0, 0.1) is 0 Å². The third-order valence-electron chi connectivity index (χ3n) is 2.73. The van der Waals surface area contributed by atoms with Crippen molar-refractivity contribution in [3.8, 4) is 0 Å². The van der Waals surface area contributed by atoms with Gasteiger partial charge in [-0.25, -0.2) is 4.57 Å². The van der Waals surface area contributed by atoms with E-state index in [4.69, 9.17) is 27.0 Å². The van der Waals surface area contributed by atoms with Gasteiger partial charge < -0.3 is 13.5 Å². The first-order valence-corrected chi connectivity index (χ1v) is 11.1. The number of phosphoric ester groups is 1. The van der Waals surface area contributed by atoms with Crippen LogP contribution in [-0.2, 0) is 31.7 Å². The van der Waals surface area contributed by atoms with Gasteiger partial charge in [0.15, 0.2) is 0 Å². The average molecular weight is 384 g/mol. The molecular formula is C14H26O8P2. The van der Waals surface area contributed by atoms with Crippen molar-refractivity contribution in [2.75, 3.05) is 32.6 Å². The molecule has 1 aromatic rings. The smallest absolute Gasteiger partial charge is 0.467 e. The van der Waals surface area contributed by atoms with Crippen LogP contribution in [0.5, 0.6) is 0 Å². The molecule has 0 amide bonds. The number of hydrogen-bond donors (Lipinski definition) is 0. The Morgan fingerprint density at radius 1 is 0.958 bits per heavy atom. The topological polar surface area (TPSA) is 93.4 Å². The Morgan fingerprint density at radius 3 is 1.92 bits per heavy atom. The molecule has 0 fully saturated rings. The highest BCUT2D eigenvalue weighted by atomic mass is 31.2. The predicted molar refractivity (Wildman–Crippen MR) is 89.1 cm³/mol. The molecule has 140 valence electrons. The molecule has 1 atom stereocenters. The second-order valence-electron chi connectivity index (χ2n) is 4.52. The van der Waals surface area contributed by atoms with Crippen LogP contribution < -0.4 is 0 Å². The largest absolute Gasteiger partial charge is 0.475 e. The fraction of sp³-hybridized carbons (Fsp3) is 0.714. The highest BCUT2D eigenvalue weighted by Gasteiger charge is 2.38. The van der Waals surface area contributed by atoms with Crippen LogP contribution in [0.15, 0.2) is 22.8 Å². The van der Waals surface area contributed by atoms with Gasteiger partial charge in [-0.2, -0.15) is 0 Å². The Morgan fingerprint density at radius 2 is 1.50 bits per heavy atom. The van der Waals surface area contributed by atoms with Gasteiger partial charge in [0.2, 0.25) is 0 Å². The van der Waals surface area contributed by atoms with Crippen molar-refractivity contribution in [2.24, 2.45) is 0 Å². The van der Waals surface area contributed by atoms with Crippen LogP contribution in [-0.4, -0.2) is 32.6 Å². The minimum absolute atomic E-state index is 0.136. The Labute approximate surface area is 142 Å². The van der Waals surface area contributed by atoms with E-state index in [9.17, 15) is 9.13 Å². The van der Waals surface area contributed by atoms with E-state index in [-0.39, 0.29) is 32.6 Å². The first-order chi connectivity index (χ1) is 11.4. The van der Waals surface area contributed by atoms with Gasteiger partial charge in [-0.1, -0.05) is 0 Å². The Balaban J connectivity index is 3.04. The van der Waals surface area contributed by atoms with Gasteiger partial charge in [-0.05, 0) is 39.8 Å². The van der Waals surface area contributed by atoms with E-state index in [1.807, 2.05) is 0 Å². The molecular weight excluding hydrogens is 358 g/mol. The summed E-state index contributed by atoms with van der Waals surface area (Å²) in [5, 5.41) is 0. The standard InChI is InChI=1S/C14H26O8P2/c1-5-18-23(15,19-6-2)12-14(13-10-9-11-17-13)22-24(16,20-7-3)21-8-4/h9-11,14H,5-8,12H2,1-4H3. The quantitative estimate of drug-likeness (QED) is 0.448. The fourth-order valence-electron chi connectivity index (χ4n) is 1.96. The molecule has 0 radical (unpaired) electrons. The molecule has 1 aromatic heterocycles. The van der Waals surface area contributed by atoms with Crippen LogP contribution >= 0.6 is 15.4 Å². The van der Waals surface area contributed by atoms with Gasteiger partial charge in [0.05, 0.1) is 38.9 Å². The van der Waals surface area contributed by atoms with E-state index in [0.717, 1.165) is 0 Å². The summed E-state index contributed by atoms with van der Waals surface area (Å²) < 4.78 is 57.1. The molecule has 0 aromatic carbocycles. The maximum absolute atomic E-state index is 12.8. The number of hydrogen-bond acceptors (Lipinski definition) is 8. The normalized spacial score (nSPS) is 14.0. The zero-order valence-electron chi connectivity index (χ0n) is 14.5. The molecule has 24 heavy (non-hydrogen) atoms. The van der Waals surface area contributed by atoms with Crippen LogP contribution in [0.1, 0.15) is 39.6 Å². The van der Waals surface area contributed by atoms with E-state index in [1.165, 1.54) is 6.26 Å². The summed E-state index contributed by atoms with van der Waals surface area (Å²) in [6.45, 7) is 7.44. The van der Waals surface area contributed by atoms with Crippen molar-refractivity contribution < 1.29 is 36.2 Å². The van der Waals surface area contributed by atoms with Gasteiger partial charge >= 0.3 is 15.4 Å². The molecule has 0 saturated heterocycles. The van der Waals surface area contributed by atoms with Gasteiger partial charge in [0.25, 0.3) is 0 Å². The summed E-state index contributed by atoms with van der Waals surface area (Å²) >= 11 is 0. The van der Waals surface area contributed by atoms with Gasteiger partial charge in [0, 0.05) is 0 Å². The Hall–Kier alpha value is -0.460. The number of furan rings is 1. The van der Waals surface area contributed by atoms with Crippen molar-refractivity contribution in [2.45, 2.75) is 33.8 Å². The van der Waals surface area contributed by atoms with Crippen molar-refractivity contribution in [3.63, 3.8) is 0 Å². The molecule has 0 N–H and O–H groups in total. The molecule has 0 aliphatic carbocycles. The monoisotopic (exact) mass is 384 g/mol. The second-order valence-corrected chi connectivity index (χ2v) is 8.25. The minimum Gasteiger partial charge on any atom is -0.467 e. The Bertz CT molecular complexity index is 493. The predicted octanol–water partition coefficient (Wildman–Crippen LogP) is 4.78. The zero-order chi connectivity index (χ0) is 18.1. The van der Waals surface area contributed by atoms with E-state index in [1.54, 1.807) is 39.8 Å². The summed E-state index contributed by atoms with van der Waals surface area (Å²) in [6.07, 6.45) is 0.296. The molecule has 0 bridgehead atoms. The average Bonchev–Trinajstić information content (AvgIpc) is 3.01. The summed E-state index contributed by atoms with van der Waals surface area (Å²) in [7, 11) is -7.29. The van der Waals surface area contributed by atoms with Crippen LogP contribution in [0.3, 0.4) is 0 Å². The van der Waals surface area contributed by atoms with Crippen LogP contribution in [0.25, 0.3) is 0 Å². The maximum atomic E-state index is 12.8. The molecule has 1 unspecified atom stereocenters. The minimum atomic E-state index is -3.83. The van der Waals surface area contributed by atoms with E-state index < -0.39 is 21.5 Å². The molecule has 8 nitrogen and oxygen atoms in total. The molecule has 1 heterocycles. The summed E-state index contributed by atoms with van der Waals surface area (Å²) in [5.41, 5.74) is 0. The number of phosphoric acid groups is 1. The molecule has 0 aliphatic heterocycles. The van der Waals surface area contributed by atoms with E-state index in [0.29, 0.717) is 5.76 Å². The fourth-order valence-corrected chi connectivity index (χ4v) is 5.13. The highest BCUT2D eigenvalue weighted by molar-refractivity contribution is 7.54. The van der Waals surface area contributed by atoms with Crippen LogP contribution in [0.2, 0.25) is 0 Å². The molecule has 0 saturated carbocycles. The zero-order valence-corrected chi connectivity index (χ0v) is 16.3. The van der Waals surface area contributed by atoms with Crippen molar-refractivity contribution >= 4 is 15.4 Å². The van der Waals surface area contributed by atoms with Crippen LogP contribution in [0.4, 0.5) is 0 Å². The first-order valence-electron chi connectivity index (χ1n) is 7.91. The molecule has 0 spiro atoms. The lowest BCUT2D eigenvalue weighted by Gasteiger charge is -2.25. The van der Waals surface area contributed by atoms with Crippen molar-refractivity contribution in [3.05, 3.63) is 24.2 Å². The lowest BCUT2D eigenvalue weighted by atomic mass is 10.3. The third-order valence-corrected chi connectivity index (χ3v) is 6.48. The van der Waals surface area contributed by atoms with E-state index >= 15 is 0 Å². The third kappa shape index (κ3) is 6.81. The Kier molecular flexibility index (Phi) is 9.45. The summed E-state index contributed by atoms with van der Waals surface area (Å²) in [4.78, 5) is 0. The first kappa shape index (κ1) is 21.6. The van der Waals surface area contributed by atoms with Gasteiger partial charge in [-0.3, -0.25) is 18.1 Å².